The first-order valence-corrected chi connectivity index (χ1v) is 8.30. The molecule has 2 rings (SSSR count). The molecule has 2 aromatic rings. The van der Waals surface area contributed by atoms with Gasteiger partial charge in [-0.1, -0.05) is 6.92 Å². The van der Waals surface area contributed by atoms with E-state index < -0.39 is 41.1 Å². The van der Waals surface area contributed by atoms with Crippen LogP contribution in [0.15, 0.2) is 18.2 Å². The van der Waals surface area contributed by atoms with E-state index in [9.17, 15) is 22.8 Å². The van der Waals surface area contributed by atoms with Gasteiger partial charge in [-0.3, -0.25) is 4.79 Å². The maximum atomic E-state index is 13.6. The standard InChI is InChI=1S/C17H16F3NO3S/c1-4-10-7-13(25-9(10)3)17(23)24-8(2)16(22)21-12-6-5-11(18)14(19)15(12)20/h5-8H,4H2,1-3H3,(H,21,22)/t8-/m0/s1. The Morgan fingerprint density at radius 2 is 1.92 bits per heavy atom. The molecule has 1 N–H and O–H groups in total. The van der Waals surface area contributed by atoms with Crippen molar-refractivity contribution in [2.24, 2.45) is 0 Å². The number of ether oxygens (including phenoxy) is 1. The molecular formula is C17H16F3NO3S. The van der Waals surface area contributed by atoms with E-state index in [1.165, 1.54) is 18.3 Å². The minimum absolute atomic E-state index is 0.355. The Labute approximate surface area is 146 Å². The molecule has 0 spiro atoms. The summed E-state index contributed by atoms with van der Waals surface area (Å²) in [7, 11) is 0. The van der Waals surface area contributed by atoms with Crippen LogP contribution in [0.4, 0.5) is 18.9 Å². The summed E-state index contributed by atoms with van der Waals surface area (Å²) in [4.78, 5) is 25.4. The molecular weight excluding hydrogens is 355 g/mol. The van der Waals surface area contributed by atoms with Crippen molar-refractivity contribution in [2.75, 3.05) is 5.32 Å². The lowest BCUT2D eigenvalue weighted by atomic mass is 10.2. The van der Waals surface area contributed by atoms with Gasteiger partial charge in [0, 0.05) is 4.88 Å². The first-order valence-electron chi connectivity index (χ1n) is 7.49. The lowest BCUT2D eigenvalue weighted by molar-refractivity contribution is -0.123. The zero-order valence-electron chi connectivity index (χ0n) is 13.8. The first-order chi connectivity index (χ1) is 11.7. The Kier molecular flexibility index (Phi) is 5.84. The fraction of sp³-hybridized carbons (Fsp3) is 0.294. The van der Waals surface area contributed by atoms with Crippen molar-refractivity contribution in [3.05, 3.63) is 51.0 Å². The predicted molar refractivity (Wildman–Crippen MR) is 88.3 cm³/mol. The molecule has 0 radical (unpaired) electrons. The monoisotopic (exact) mass is 371 g/mol. The molecule has 0 fully saturated rings. The third-order valence-corrected chi connectivity index (χ3v) is 4.62. The normalized spacial score (nSPS) is 11.9. The third-order valence-electron chi connectivity index (χ3n) is 3.55. The second kappa shape index (κ2) is 7.69. The second-order valence-electron chi connectivity index (χ2n) is 5.31. The Balaban J connectivity index is 2.05. The average Bonchev–Trinajstić information content (AvgIpc) is 2.96. The van der Waals surface area contributed by atoms with Crippen LogP contribution in [0, 0.1) is 24.4 Å². The number of aryl methyl sites for hydroxylation is 2. The van der Waals surface area contributed by atoms with Gasteiger partial charge in [0.15, 0.2) is 23.6 Å². The SMILES string of the molecule is CCc1cc(C(=O)O[C@@H](C)C(=O)Nc2ccc(F)c(F)c2F)sc1C. The highest BCUT2D eigenvalue weighted by atomic mass is 32.1. The van der Waals surface area contributed by atoms with Crippen LogP contribution >= 0.6 is 11.3 Å². The topological polar surface area (TPSA) is 55.4 Å². The highest BCUT2D eigenvalue weighted by Gasteiger charge is 2.23. The Hall–Kier alpha value is -2.35. The minimum atomic E-state index is -1.69. The lowest BCUT2D eigenvalue weighted by Crippen LogP contribution is -2.30. The Bertz CT molecular complexity index is 820. The number of carbonyl (C=O) groups is 2. The molecule has 1 heterocycles. The maximum absolute atomic E-state index is 13.6. The number of thiophene rings is 1. The summed E-state index contributed by atoms with van der Waals surface area (Å²) in [5, 5.41) is 2.07. The quantitative estimate of drug-likeness (QED) is 0.632. The van der Waals surface area contributed by atoms with Crippen molar-refractivity contribution >= 4 is 28.9 Å². The van der Waals surface area contributed by atoms with Crippen LogP contribution in [0.1, 0.15) is 34.0 Å². The summed E-state index contributed by atoms with van der Waals surface area (Å²) in [6, 6.07) is 3.27. The van der Waals surface area contributed by atoms with E-state index in [-0.39, 0.29) is 0 Å². The number of esters is 1. The molecule has 4 nitrogen and oxygen atoms in total. The molecule has 134 valence electrons. The predicted octanol–water partition coefficient (Wildman–Crippen LogP) is 4.22. The molecule has 1 aromatic carbocycles. The molecule has 0 saturated carbocycles. The van der Waals surface area contributed by atoms with Gasteiger partial charge in [-0.15, -0.1) is 11.3 Å². The van der Waals surface area contributed by atoms with Crippen molar-refractivity contribution in [1.82, 2.24) is 0 Å². The van der Waals surface area contributed by atoms with Gasteiger partial charge < -0.3 is 10.1 Å². The fourth-order valence-electron chi connectivity index (χ4n) is 2.10. The van der Waals surface area contributed by atoms with E-state index >= 15 is 0 Å². The number of carbonyl (C=O) groups excluding carboxylic acids is 2. The zero-order valence-corrected chi connectivity index (χ0v) is 14.6. The molecule has 0 aliphatic carbocycles. The van der Waals surface area contributed by atoms with Crippen molar-refractivity contribution in [2.45, 2.75) is 33.3 Å². The first kappa shape index (κ1) is 19.0. The van der Waals surface area contributed by atoms with Gasteiger partial charge in [0.1, 0.15) is 4.88 Å². The van der Waals surface area contributed by atoms with E-state index in [4.69, 9.17) is 4.74 Å². The average molecular weight is 371 g/mol. The van der Waals surface area contributed by atoms with Crippen LogP contribution in [-0.2, 0) is 16.0 Å². The molecule has 0 aliphatic rings. The van der Waals surface area contributed by atoms with Crippen LogP contribution in [-0.4, -0.2) is 18.0 Å². The molecule has 0 aliphatic heterocycles. The molecule has 0 bridgehead atoms. The number of amides is 1. The Morgan fingerprint density at radius 1 is 1.24 bits per heavy atom. The van der Waals surface area contributed by atoms with Gasteiger partial charge in [0.25, 0.3) is 5.91 Å². The summed E-state index contributed by atoms with van der Waals surface area (Å²) < 4.78 is 44.7. The Morgan fingerprint density at radius 3 is 2.52 bits per heavy atom. The van der Waals surface area contributed by atoms with E-state index in [1.54, 1.807) is 6.07 Å². The van der Waals surface area contributed by atoms with Crippen LogP contribution in [0.5, 0.6) is 0 Å². The number of rotatable bonds is 5. The van der Waals surface area contributed by atoms with Crippen molar-refractivity contribution in [3.8, 4) is 0 Å². The third kappa shape index (κ3) is 4.19. The number of halogens is 3. The smallest absolute Gasteiger partial charge is 0.349 e. The highest BCUT2D eigenvalue weighted by molar-refractivity contribution is 7.14. The van der Waals surface area contributed by atoms with Gasteiger partial charge in [0.05, 0.1) is 5.69 Å². The van der Waals surface area contributed by atoms with E-state index in [1.807, 2.05) is 13.8 Å². The summed E-state index contributed by atoms with van der Waals surface area (Å²) in [5.41, 5.74) is 0.477. The molecule has 8 heteroatoms. The van der Waals surface area contributed by atoms with E-state index in [2.05, 4.69) is 5.32 Å². The van der Waals surface area contributed by atoms with Gasteiger partial charge in [-0.05, 0) is 44.0 Å². The summed E-state index contributed by atoms with van der Waals surface area (Å²) in [6.45, 7) is 5.13. The summed E-state index contributed by atoms with van der Waals surface area (Å²) in [5.74, 6) is -6.12. The summed E-state index contributed by atoms with van der Waals surface area (Å²) in [6.07, 6.45) is -0.478. The van der Waals surface area contributed by atoms with Crippen LogP contribution in [0.2, 0.25) is 0 Å². The summed E-state index contributed by atoms with van der Waals surface area (Å²) >= 11 is 1.25. The lowest BCUT2D eigenvalue weighted by Gasteiger charge is -2.13. The molecule has 1 amide bonds. The number of hydrogen-bond acceptors (Lipinski definition) is 4. The minimum Gasteiger partial charge on any atom is -0.448 e. The highest BCUT2D eigenvalue weighted by Crippen LogP contribution is 2.24. The second-order valence-corrected chi connectivity index (χ2v) is 6.56. The fourth-order valence-corrected chi connectivity index (χ4v) is 3.10. The van der Waals surface area contributed by atoms with Gasteiger partial charge in [-0.2, -0.15) is 0 Å². The largest absolute Gasteiger partial charge is 0.448 e. The number of benzene rings is 1. The van der Waals surface area contributed by atoms with Gasteiger partial charge >= 0.3 is 5.97 Å². The number of hydrogen-bond donors (Lipinski definition) is 1. The van der Waals surface area contributed by atoms with E-state index in [0.29, 0.717) is 10.9 Å². The van der Waals surface area contributed by atoms with Crippen LogP contribution in [0.25, 0.3) is 0 Å². The van der Waals surface area contributed by atoms with Crippen molar-refractivity contribution in [3.63, 3.8) is 0 Å². The molecule has 1 aromatic heterocycles. The zero-order chi connectivity index (χ0) is 18.7. The maximum Gasteiger partial charge on any atom is 0.349 e. The molecule has 0 unspecified atom stereocenters. The van der Waals surface area contributed by atoms with Crippen molar-refractivity contribution in [1.29, 1.82) is 0 Å². The van der Waals surface area contributed by atoms with E-state index in [0.717, 1.165) is 22.9 Å². The van der Waals surface area contributed by atoms with Crippen LogP contribution < -0.4 is 5.32 Å². The molecule has 1 atom stereocenters. The number of nitrogens with one attached hydrogen (secondary N) is 1. The number of anilines is 1. The molecule has 25 heavy (non-hydrogen) atoms. The van der Waals surface area contributed by atoms with Crippen molar-refractivity contribution < 1.29 is 27.5 Å². The molecule has 0 saturated heterocycles. The van der Waals surface area contributed by atoms with Gasteiger partial charge in [-0.25, -0.2) is 18.0 Å². The van der Waals surface area contributed by atoms with Crippen LogP contribution in [0.3, 0.4) is 0 Å². The van der Waals surface area contributed by atoms with Gasteiger partial charge in [0.2, 0.25) is 0 Å².